The van der Waals surface area contributed by atoms with Gasteiger partial charge in [-0.25, -0.2) is 59.6 Å². The summed E-state index contributed by atoms with van der Waals surface area (Å²) < 4.78 is 109. The summed E-state index contributed by atoms with van der Waals surface area (Å²) in [7, 11) is 0. The molecule has 0 aliphatic carbocycles. The Morgan fingerprint density at radius 1 is 0.671 bits per heavy atom. The number of benzene rings is 3. The number of aromatic nitrogens is 9. The molecule has 0 saturated heterocycles. The maximum absolute atomic E-state index is 14.7. The van der Waals surface area contributed by atoms with E-state index in [1.165, 1.54) is 50.5 Å². The molecule has 8 bridgehead atoms. The Kier molecular flexibility index (Phi) is 13.5. The number of hydrogen-bond donors (Lipinski definition) is 7. The number of aromatic carboxylic acids is 1. The quantitative estimate of drug-likeness (QED) is 0.0811. The van der Waals surface area contributed by atoms with E-state index in [-0.39, 0.29) is 70.9 Å². The summed E-state index contributed by atoms with van der Waals surface area (Å²) in [6.07, 6.45) is 9.99. The van der Waals surface area contributed by atoms with Crippen LogP contribution in [0.5, 0.6) is 17.2 Å². The number of carbonyl (C=O) groups excluding carboxylic acids is 2. The average molecular weight is 1170 g/mol. The molecule has 2 amide bonds. The third kappa shape index (κ3) is 9.97. The van der Waals surface area contributed by atoms with Gasteiger partial charge in [-0.05, 0) is 77.9 Å². The summed E-state index contributed by atoms with van der Waals surface area (Å²) in [4.78, 5) is 49.8. The number of anilines is 3. The number of hydrogen-bond acceptors (Lipinski definition) is 16. The first kappa shape index (κ1) is 55.8. The number of amides is 2. The molecule has 1 unspecified atom stereocenters. The van der Waals surface area contributed by atoms with Gasteiger partial charge in [0.05, 0.1) is 66.5 Å². The van der Waals surface area contributed by atoms with Crippen molar-refractivity contribution in [2.24, 2.45) is 5.73 Å². The van der Waals surface area contributed by atoms with Gasteiger partial charge in [0.25, 0.3) is 11.8 Å². The molecule has 14 rings (SSSR count). The van der Waals surface area contributed by atoms with E-state index in [9.17, 15) is 45.8 Å². The molecule has 0 radical (unpaired) electrons. The van der Waals surface area contributed by atoms with Crippen LogP contribution in [0, 0.1) is 34.9 Å². The van der Waals surface area contributed by atoms with E-state index in [2.05, 4.69) is 56.8 Å². The van der Waals surface area contributed by atoms with Crippen LogP contribution in [0.15, 0.2) is 73.6 Å². The first-order valence-electron chi connectivity index (χ1n) is 26.8. The van der Waals surface area contributed by atoms with E-state index in [0.29, 0.717) is 81.5 Å². The molecule has 22 nitrogen and oxygen atoms in total. The zero-order valence-corrected chi connectivity index (χ0v) is 46.2. The van der Waals surface area contributed by atoms with Gasteiger partial charge in [0.15, 0.2) is 51.8 Å². The third-order valence-electron chi connectivity index (χ3n) is 15.5. The highest BCUT2D eigenvalue weighted by atomic mass is 19.2. The Bertz CT molecular complexity index is 4090. The predicted molar refractivity (Wildman–Crippen MR) is 293 cm³/mol. The minimum Gasteiger partial charge on any atom is -0.485 e. The Morgan fingerprint density at radius 3 is 1.62 bits per heavy atom. The Hall–Kier alpha value is -9.73. The van der Waals surface area contributed by atoms with Gasteiger partial charge in [-0.15, -0.1) is 0 Å². The first-order valence-corrected chi connectivity index (χ1v) is 26.8. The smallest absolute Gasteiger partial charge is 0.341 e. The molecule has 0 saturated carbocycles. The molecule has 440 valence electrons. The highest BCUT2D eigenvalue weighted by molar-refractivity contribution is 6.00. The van der Waals surface area contributed by atoms with Crippen molar-refractivity contribution in [2.75, 3.05) is 35.6 Å². The SMILES string of the molecule is C[C@@H](Nc1ccn2ncc(C(=O)O)c2n1)c1c(F)c(F)cc2c1OC(C)(CN)C2.C[C@H]1Nc2ccn3ncc(c3n2)C(=O)NC[C@@]2(C)Cc3cc(F)c(F)c1c3O2.C[C@H]1Nc2ccn3ncc(c3n2)C(=O)NC[C@]2(C)Cc3cc(F)c(F)c1c3O2. The Morgan fingerprint density at radius 2 is 1.13 bits per heavy atom. The van der Waals surface area contributed by atoms with Crippen LogP contribution in [0.3, 0.4) is 0 Å². The van der Waals surface area contributed by atoms with Gasteiger partial charge < -0.3 is 51.6 Å². The number of fused-ring (bicyclic) bond motifs is 6. The van der Waals surface area contributed by atoms with Crippen molar-refractivity contribution in [2.45, 2.75) is 95.7 Å². The first-order chi connectivity index (χ1) is 40.4. The van der Waals surface area contributed by atoms with Gasteiger partial charge in [-0.2, -0.15) is 15.3 Å². The number of nitrogens with zero attached hydrogens (tertiary/aromatic N) is 9. The van der Waals surface area contributed by atoms with Crippen molar-refractivity contribution in [1.29, 1.82) is 0 Å². The highest BCUT2D eigenvalue weighted by Gasteiger charge is 2.43. The zero-order chi connectivity index (χ0) is 60.2. The lowest BCUT2D eigenvalue weighted by molar-refractivity contribution is 0.0698. The van der Waals surface area contributed by atoms with Gasteiger partial charge in [-0.3, -0.25) is 9.59 Å². The van der Waals surface area contributed by atoms with Crippen LogP contribution in [0.1, 0.15) is 124 Å². The van der Waals surface area contributed by atoms with E-state index >= 15 is 0 Å². The van der Waals surface area contributed by atoms with Crippen LogP contribution in [-0.2, 0) is 19.3 Å². The van der Waals surface area contributed by atoms with Crippen molar-refractivity contribution in [3.8, 4) is 17.2 Å². The molecule has 8 N–H and O–H groups in total. The second-order valence-corrected chi connectivity index (χ2v) is 22.3. The fourth-order valence-corrected chi connectivity index (χ4v) is 11.3. The number of halogens is 6. The van der Waals surface area contributed by atoms with Crippen molar-refractivity contribution in [1.82, 2.24) is 54.4 Å². The second kappa shape index (κ2) is 20.6. The van der Waals surface area contributed by atoms with E-state index in [0.717, 1.165) is 6.07 Å². The molecule has 0 spiro atoms. The van der Waals surface area contributed by atoms with Crippen LogP contribution in [0.25, 0.3) is 16.9 Å². The molecule has 11 heterocycles. The maximum atomic E-state index is 14.7. The molecule has 85 heavy (non-hydrogen) atoms. The summed E-state index contributed by atoms with van der Waals surface area (Å²) in [5.74, 6) is -5.57. The summed E-state index contributed by atoms with van der Waals surface area (Å²) in [5.41, 5.74) is 6.79. The number of rotatable bonds is 5. The molecule has 6 aromatic heterocycles. The fraction of sp³-hybridized carbons (Fsp3) is 0.316. The molecular formula is C57H53F6N15O7. The Balaban J connectivity index is 0.000000125. The molecule has 5 aliphatic heterocycles. The van der Waals surface area contributed by atoms with E-state index < -0.39 is 75.8 Å². The van der Waals surface area contributed by atoms with Crippen LogP contribution in [0.4, 0.5) is 43.8 Å². The minimum atomic E-state index is -1.17. The standard InChI is InChI=1S/C19H19F2N5O3.2C19H17F2N5O2/c1-9(24-13-3-4-26-17(25-13)11(7-23-26)18(27)28)14-15(21)12(20)5-10-6-19(2,8-22)29-16(10)14;2*1-9-14-15(21)12(20)5-10-6-19(2,28-16(10)14)8-22-18(27)11-7-23-26-4-3-13(24-9)25-17(11)26/h3-5,7,9H,6,8,22H2,1-2H3,(H,24,25)(H,27,28);2*3-5,7,9H,6,8H2,1-2H3,(H,22,27)(H,24,25)/t9-,19?;9-,19+;9-,19-/m111/s1. The van der Waals surface area contributed by atoms with Crippen molar-refractivity contribution in [3.63, 3.8) is 0 Å². The van der Waals surface area contributed by atoms with E-state index in [1.807, 2.05) is 0 Å². The summed E-state index contributed by atoms with van der Waals surface area (Å²) in [6.45, 7) is 11.0. The molecule has 3 aromatic carbocycles. The number of nitrogens with two attached hydrogens (primary N) is 1. The topological polar surface area (TPSA) is 276 Å². The van der Waals surface area contributed by atoms with Crippen LogP contribution in [-0.4, -0.2) is 103 Å². The largest absolute Gasteiger partial charge is 0.485 e. The Labute approximate surface area is 478 Å². The molecular weight excluding hydrogens is 1120 g/mol. The molecule has 0 fully saturated rings. The van der Waals surface area contributed by atoms with Crippen LogP contribution >= 0.6 is 0 Å². The zero-order valence-electron chi connectivity index (χ0n) is 46.2. The van der Waals surface area contributed by atoms with Gasteiger partial charge in [-0.1, -0.05) is 0 Å². The minimum absolute atomic E-state index is 0.0332. The van der Waals surface area contributed by atoms with Gasteiger partial charge in [0, 0.05) is 61.1 Å². The summed E-state index contributed by atoms with van der Waals surface area (Å²) >= 11 is 0. The normalized spacial score (nSPS) is 21.9. The van der Waals surface area contributed by atoms with Crippen molar-refractivity contribution < 1.29 is 60.0 Å². The number of ether oxygens (including phenoxy) is 3. The molecule has 6 atom stereocenters. The number of carboxylic acid groups (broad SMARTS) is 1. The second-order valence-electron chi connectivity index (χ2n) is 22.3. The lowest BCUT2D eigenvalue weighted by Gasteiger charge is -2.25. The summed E-state index contributed by atoms with van der Waals surface area (Å²) in [6, 6.07) is 6.39. The van der Waals surface area contributed by atoms with Gasteiger partial charge in [0.2, 0.25) is 0 Å². The molecule has 5 aliphatic rings. The number of carbonyl (C=O) groups is 3. The van der Waals surface area contributed by atoms with Crippen molar-refractivity contribution >= 4 is 52.2 Å². The number of nitrogens with one attached hydrogen (secondary N) is 5. The lowest BCUT2D eigenvalue weighted by Crippen LogP contribution is -2.44. The number of carboxylic acids is 1. The van der Waals surface area contributed by atoms with Gasteiger partial charge in [0.1, 0.15) is 68.2 Å². The molecule has 9 aromatic rings. The fourth-order valence-electron chi connectivity index (χ4n) is 11.3. The van der Waals surface area contributed by atoms with Crippen LogP contribution < -0.4 is 46.5 Å². The monoisotopic (exact) mass is 1170 g/mol. The third-order valence-corrected chi connectivity index (χ3v) is 15.5. The lowest BCUT2D eigenvalue weighted by atomic mass is 9.96. The highest BCUT2D eigenvalue weighted by Crippen LogP contribution is 2.46. The van der Waals surface area contributed by atoms with Crippen molar-refractivity contribution in [3.05, 3.63) is 159 Å². The van der Waals surface area contributed by atoms with E-state index in [4.69, 9.17) is 19.9 Å². The van der Waals surface area contributed by atoms with Gasteiger partial charge >= 0.3 is 5.97 Å². The summed E-state index contributed by atoms with van der Waals surface area (Å²) in [5, 5.41) is 36.2. The molecule has 28 heteroatoms. The predicted octanol–water partition coefficient (Wildman–Crippen LogP) is 7.77. The maximum Gasteiger partial charge on any atom is 0.341 e. The van der Waals surface area contributed by atoms with Crippen LogP contribution in [0.2, 0.25) is 0 Å². The van der Waals surface area contributed by atoms with E-state index in [1.54, 1.807) is 72.1 Å². The average Bonchev–Trinajstić information content (AvgIpc) is 2.12.